The number of aliphatic hydroxyl groups is 1. The van der Waals surface area contributed by atoms with Crippen molar-refractivity contribution in [1.82, 2.24) is 4.90 Å². The van der Waals surface area contributed by atoms with Gasteiger partial charge in [0.25, 0.3) is 5.91 Å². The van der Waals surface area contributed by atoms with Crippen molar-refractivity contribution in [3.05, 3.63) is 29.8 Å². The van der Waals surface area contributed by atoms with Gasteiger partial charge in [-0.25, -0.2) is 0 Å². The van der Waals surface area contributed by atoms with Gasteiger partial charge in [0.2, 0.25) is 0 Å². The molecule has 19 heavy (non-hydrogen) atoms. The molecule has 1 unspecified atom stereocenters. The third kappa shape index (κ3) is 3.47. The van der Waals surface area contributed by atoms with Crippen LogP contribution in [0.25, 0.3) is 0 Å². The van der Waals surface area contributed by atoms with E-state index in [1.807, 2.05) is 29.2 Å². The molecule has 0 saturated carbocycles. The van der Waals surface area contributed by atoms with Gasteiger partial charge in [-0.3, -0.25) is 4.79 Å². The summed E-state index contributed by atoms with van der Waals surface area (Å²) in [5, 5.41) is 12.4. The molecule has 104 valence electrons. The summed E-state index contributed by atoms with van der Waals surface area (Å²) in [5.41, 5.74) is 1.77. The topological polar surface area (TPSA) is 52.6 Å². The van der Waals surface area contributed by atoms with Crippen molar-refractivity contribution in [2.75, 3.05) is 31.6 Å². The molecule has 1 aliphatic heterocycles. The molecule has 0 radical (unpaired) electrons. The van der Waals surface area contributed by atoms with Gasteiger partial charge in [0.05, 0.1) is 0 Å². The first-order valence-corrected chi connectivity index (χ1v) is 6.98. The molecule has 1 fully saturated rings. The Hall–Kier alpha value is -1.55. The maximum atomic E-state index is 12.3. The molecule has 4 heteroatoms. The molecule has 1 atom stereocenters. The molecule has 2 N–H and O–H groups in total. The number of hydrogen-bond acceptors (Lipinski definition) is 3. The van der Waals surface area contributed by atoms with E-state index in [9.17, 15) is 4.79 Å². The van der Waals surface area contributed by atoms with Crippen molar-refractivity contribution in [2.24, 2.45) is 5.92 Å². The Morgan fingerprint density at radius 1 is 1.42 bits per heavy atom. The summed E-state index contributed by atoms with van der Waals surface area (Å²) in [6.07, 6.45) is 1.98. The van der Waals surface area contributed by atoms with Crippen LogP contribution >= 0.6 is 0 Å². The van der Waals surface area contributed by atoms with E-state index in [-0.39, 0.29) is 18.4 Å². The lowest BCUT2D eigenvalue weighted by molar-refractivity contribution is 0.0782. The third-order valence-electron chi connectivity index (χ3n) is 3.54. The van der Waals surface area contributed by atoms with E-state index in [0.717, 1.165) is 37.2 Å². The first-order valence-electron chi connectivity index (χ1n) is 6.98. The Kier molecular flexibility index (Phi) is 4.80. The SMILES string of the molecule is CCCNc1ccc(C(=O)N2CCC(CO)C2)cc1. The Bertz CT molecular complexity index is 417. The summed E-state index contributed by atoms with van der Waals surface area (Å²) in [5.74, 6) is 0.312. The number of carbonyl (C=O) groups is 1. The van der Waals surface area contributed by atoms with Crippen molar-refractivity contribution >= 4 is 11.6 Å². The first kappa shape index (κ1) is 13.9. The number of hydrogen-bond donors (Lipinski definition) is 2. The van der Waals surface area contributed by atoms with Crippen LogP contribution in [-0.4, -0.2) is 42.2 Å². The molecule has 0 bridgehead atoms. The second kappa shape index (κ2) is 6.57. The summed E-state index contributed by atoms with van der Waals surface area (Å²) < 4.78 is 0. The Morgan fingerprint density at radius 3 is 2.74 bits per heavy atom. The van der Waals surface area contributed by atoms with Crippen LogP contribution in [0.1, 0.15) is 30.1 Å². The van der Waals surface area contributed by atoms with E-state index >= 15 is 0 Å². The summed E-state index contributed by atoms with van der Waals surface area (Å²) in [4.78, 5) is 14.1. The van der Waals surface area contributed by atoms with Crippen LogP contribution < -0.4 is 5.32 Å². The fourth-order valence-corrected chi connectivity index (χ4v) is 2.35. The summed E-state index contributed by atoms with van der Waals surface area (Å²) in [7, 11) is 0. The predicted molar refractivity (Wildman–Crippen MR) is 76.3 cm³/mol. The number of nitrogens with zero attached hydrogens (tertiary/aromatic N) is 1. The van der Waals surface area contributed by atoms with Gasteiger partial charge in [-0.2, -0.15) is 0 Å². The highest BCUT2D eigenvalue weighted by Crippen LogP contribution is 2.19. The molecule has 0 spiro atoms. The van der Waals surface area contributed by atoms with Crippen LogP contribution in [0.2, 0.25) is 0 Å². The monoisotopic (exact) mass is 262 g/mol. The maximum absolute atomic E-state index is 12.3. The zero-order valence-electron chi connectivity index (χ0n) is 11.4. The largest absolute Gasteiger partial charge is 0.396 e. The Balaban J connectivity index is 1.96. The van der Waals surface area contributed by atoms with E-state index in [1.165, 1.54) is 0 Å². The minimum absolute atomic E-state index is 0.0676. The van der Waals surface area contributed by atoms with Crippen molar-refractivity contribution in [2.45, 2.75) is 19.8 Å². The van der Waals surface area contributed by atoms with Gasteiger partial charge >= 0.3 is 0 Å². The van der Waals surface area contributed by atoms with Crippen LogP contribution in [0, 0.1) is 5.92 Å². The average Bonchev–Trinajstić information content (AvgIpc) is 2.94. The lowest BCUT2D eigenvalue weighted by Crippen LogP contribution is -2.29. The molecule has 0 aromatic heterocycles. The molecule has 4 nitrogen and oxygen atoms in total. The van der Waals surface area contributed by atoms with E-state index in [1.54, 1.807) is 0 Å². The number of amides is 1. The molecule has 1 saturated heterocycles. The number of benzene rings is 1. The number of likely N-dealkylation sites (tertiary alicyclic amines) is 1. The Labute approximate surface area is 114 Å². The van der Waals surface area contributed by atoms with E-state index in [0.29, 0.717) is 6.54 Å². The van der Waals surface area contributed by atoms with Crippen molar-refractivity contribution in [3.63, 3.8) is 0 Å². The van der Waals surface area contributed by atoms with Crippen molar-refractivity contribution < 1.29 is 9.90 Å². The minimum Gasteiger partial charge on any atom is -0.396 e. The van der Waals surface area contributed by atoms with Crippen molar-refractivity contribution in [3.8, 4) is 0 Å². The number of carbonyl (C=O) groups excluding carboxylic acids is 1. The number of aliphatic hydroxyl groups excluding tert-OH is 1. The van der Waals surface area contributed by atoms with Crippen LogP contribution in [0.4, 0.5) is 5.69 Å². The molecule has 1 aliphatic rings. The summed E-state index contributed by atoms with van der Waals surface area (Å²) in [6.45, 7) is 4.65. The van der Waals surface area contributed by atoms with Gasteiger partial charge in [-0.15, -0.1) is 0 Å². The fourth-order valence-electron chi connectivity index (χ4n) is 2.35. The predicted octanol–water partition coefficient (Wildman–Crippen LogP) is 1.96. The molecule has 1 amide bonds. The maximum Gasteiger partial charge on any atom is 0.253 e. The first-order chi connectivity index (χ1) is 9.24. The molecule has 1 aromatic carbocycles. The Morgan fingerprint density at radius 2 is 2.16 bits per heavy atom. The van der Waals surface area contributed by atoms with Gasteiger partial charge in [-0.1, -0.05) is 6.92 Å². The smallest absolute Gasteiger partial charge is 0.253 e. The number of rotatable bonds is 5. The number of anilines is 1. The van der Waals surface area contributed by atoms with E-state index in [4.69, 9.17) is 5.11 Å². The fraction of sp³-hybridized carbons (Fsp3) is 0.533. The number of nitrogens with one attached hydrogen (secondary N) is 1. The van der Waals surface area contributed by atoms with Gasteiger partial charge < -0.3 is 15.3 Å². The van der Waals surface area contributed by atoms with Gasteiger partial charge in [0, 0.05) is 43.4 Å². The lowest BCUT2D eigenvalue weighted by atomic mass is 10.1. The van der Waals surface area contributed by atoms with Crippen LogP contribution in [0.15, 0.2) is 24.3 Å². The normalized spacial score (nSPS) is 18.6. The summed E-state index contributed by atoms with van der Waals surface area (Å²) in [6, 6.07) is 7.63. The minimum atomic E-state index is 0.0676. The lowest BCUT2D eigenvalue weighted by Gasteiger charge is -2.16. The van der Waals surface area contributed by atoms with Crippen LogP contribution in [0.3, 0.4) is 0 Å². The van der Waals surface area contributed by atoms with Gasteiger partial charge in [-0.05, 0) is 37.1 Å². The quantitative estimate of drug-likeness (QED) is 0.853. The van der Waals surface area contributed by atoms with E-state index in [2.05, 4.69) is 12.2 Å². The van der Waals surface area contributed by atoms with Gasteiger partial charge in [0.1, 0.15) is 0 Å². The third-order valence-corrected chi connectivity index (χ3v) is 3.54. The average molecular weight is 262 g/mol. The van der Waals surface area contributed by atoms with Crippen LogP contribution in [-0.2, 0) is 0 Å². The summed E-state index contributed by atoms with van der Waals surface area (Å²) >= 11 is 0. The van der Waals surface area contributed by atoms with Crippen molar-refractivity contribution in [1.29, 1.82) is 0 Å². The molecule has 1 heterocycles. The second-order valence-corrected chi connectivity index (χ2v) is 5.09. The van der Waals surface area contributed by atoms with Gasteiger partial charge in [0.15, 0.2) is 0 Å². The van der Waals surface area contributed by atoms with Crippen LogP contribution in [0.5, 0.6) is 0 Å². The molecule has 0 aliphatic carbocycles. The molecular weight excluding hydrogens is 240 g/mol. The highest BCUT2D eigenvalue weighted by atomic mass is 16.3. The highest BCUT2D eigenvalue weighted by molar-refractivity contribution is 5.94. The standard InChI is InChI=1S/C15H22N2O2/c1-2-8-16-14-5-3-13(4-6-14)15(19)17-9-7-12(10-17)11-18/h3-6,12,16,18H,2,7-11H2,1H3. The molecule has 1 aromatic rings. The second-order valence-electron chi connectivity index (χ2n) is 5.09. The molecule has 2 rings (SSSR count). The van der Waals surface area contributed by atoms with E-state index < -0.39 is 0 Å². The zero-order chi connectivity index (χ0) is 13.7. The zero-order valence-corrected chi connectivity index (χ0v) is 11.4. The highest BCUT2D eigenvalue weighted by Gasteiger charge is 2.26. The molecular formula is C15H22N2O2.